The van der Waals surface area contributed by atoms with Gasteiger partial charge in [0.25, 0.3) is 0 Å². The van der Waals surface area contributed by atoms with Gasteiger partial charge in [-0.1, -0.05) is 45.9 Å². The molecule has 0 aliphatic carbocycles. The van der Waals surface area contributed by atoms with Crippen LogP contribution in [0.25, 0.3) is 11.1 Å². The van der Waals surface area contributed by atoms with Gasteiger partial charge in [0.1, 0.15) is 0 Å². The van der Waals surface area contributed by atoms with Crippen LogP contribution in [-0.2, 0) is 0 Å². The summed E-state index contributed by atoms with van der Waals surface area (Å²) in [5, 5.41) is 0. The topological polar surface area (TPSA) is 0 Å². The summed E-state index contributed by atoms with van der Waals surface area (Å²) >= 11 is 0. The van der Waals surface area contributed by atoms with Gasteiger partial charge in [0.2, 0.25) is 0 Å². The summed E-state index contributed by atoms with van der Waals surface area (Å²) in [6.45, 7) is 20.5. The van der Waals surface area contributed by atoms with Gasteiger partial charge in [-0.25, -0.2) is 0 Å². The van der Waals surface area contributed by atoms with E-state index in [0.29, 0.717) is 11.8 Å². The van der Waals surface area contributed by atoms with Crippen LogP contribution in [0.1, 0.15) is 78.5 Å². The maximum Gasteiger partial charge on any atom is -0.0117 e. The summed E-state index contributed by atoms with van der Waals surface area (Å²) in [6, 6.07) is 7.16. The number of aryl methyl sites for hydroxylation is 2. The van der Waals surface area contributed by atoms with Crippen LogP contribution in [0, 0.1) is 34.6 Å². The Labute approximate surface area is 143 Å². The zero-order valence-corrected chi connectivity index (χ0v) is 16.4. The standard InChI is InChI=1S/C23H32/c1-13(2)20-10-15(5)17(7)22(12-20)23-18(8)16(6)11-21(14(3)4)19(23)9/h10-14H,1-9H3. The fraction of sp³-hybridized carbons (Fsp3) is 0.478. The maximum atomic E-state index is 2.42. The van der Waals surface area contributed by atoms with Crippen LogP contribution < -0.4 is 0 Å². The SMILES string of the molecule is Cc1cc(C(C)C)cc(-c2c(C)c(C)cc(C(C)C)c2C)c1C. The molecule has 0 heteroatoms. The normalized spacial score (nSPS) is 11.6. The average molecular weight is 309 g/mol. The van der Waals surface area contributed by atoms with E-state index in [1.54, 1.807) is 0 Å². The molecule has 0 radical (unpaired) electrons. The van der Waals surface area contributed by atoms with Crippen LogP contribution in [0.3, 0.4) is 0 Å². The molecule has 0 saturated carbocycles. The van der Waals surface area contributed by atoms with E-state index in [1.807, 2.05) is 0 Å². The van der Waals surface area contributed by atoms with Crippen LogP contribution in [0.5, 0.6) is 0 Å². The number of benzene rings is 2. The predicted molar refractivity (Wildman–Crippen MR) is 104 cm³/mol. The van der Waals surface area contributed by atoms with E-state index in [9.17, 15) is 0 Å². The van der Waals surface area contributed by atoms with Crippen molar-refractivity contribution in [3.05, 3.63) is 57.1 Å². The van der Waals surface area contributed by atoms with Crippen LogP contribution in [0.2, 0.25) is 0 Å². The van der Waals surface area contributed by atoms with Crippen molar-refractivity contribution in [1.29, 1.82) is 0 Å². The Morgan fingerprint density at radius 3 is 1.70 bits per heavy atom. The van der Waals surface area contributed by atoms with Gasteiger partial charge in [-0.3, -0.25) is 0 Å². The molecule has 0 amide bonds. The Bertz CT molecular complexity index is 730. The Morgan fingerprint density at radius 2 is 1.17 bits per heavy atom. The number of rotatable bonds is 3. The third kappa shape index (κ3) is 3.22. The molecule has 2 aromatic carbocycles. The molecule has 0 saturated heterocycles. The highest BCUT2D eigenvalue weighted by Gasteiger charge is 2.17. The van der Waals surface area contributed by atoms with Crippen molar-refractivity contribution < 1.29 is 0 Å². The lowest BCUT2D eigenvalue weighted by Gasteiger charge is -2.22. The van der Waals surface area contributed by atoms with Gasteiger partial charge in [0, 0.05) is 0 Å². The van der Waals surface area contributed by atoms with Gasteiger partial charge < -0.3 is 0 Å². The van der Waals surface area contributed by atoms with Crippen molar-refractivity contribution in [3.63, 3.8) is 0 Å². The molecule has 2 aromatic rings. The largest absolute Gasteiger partial charge is 0.0587 e. The Hall–Kier alpha value is -1.56. The number of hydrogen-bond donors (Lipinski definition) is 0. The first-order valence-electron chi connectivity index (χ1n) is 8.87. The third-order valence-corrected chi connectivity index (χ3v) is 5.39. The van der Waals surface area contributed by atoms with Crippen LogP contribution in [0.4, 0.5) is 0 Å². The highest BCUT2D eigenvalue weighted by molar-refractivity contribution is 5.77. The molecular weight excluding hydrogens is 276 g/mol. The molecule has 0 fully saturated rings. The molecule has 0 unspecified atom stereocenters. The van der Waals surface area contributed by atoms with Crippen molar-refractivity contribution >= 4 is 0 Å². The molecule has 0 aromatic heterocycles. The molecule has 0 atom stereocenters. The van der Waals surface area contributed by atoms with Gasteiger partial charge in [0.05, 0.1) is 0 Å². The molecule has 0 N–H and O–H groups in total. The minimum absolute atomic E-state index is 0.558. The summed E-state index contributed by atoms with van der Waals surface area (Å²) in [7, 11) is 0. The van der Waals surface area contributed by atoms with Gasteiger partial charge in [-0.2, -0.15) is 0 Å². The zero-order chi connectivity index (χ0) is 17.5. The predicted octanol–water partition coefficient (Wildman–Crippen LogP) is 7.14. The molecule has 0 nitrogen and oxygen atoms in total. The second-order valence-corrected chi connectivity index (χ2v) is 7.73. The average Bonchev–Trinajstić information content (AvgIpc) is 2.46. The molecule has 0 bridgehead atoms. The summed E-state index contributed by atoms with van der Waals surface area (Å²) in [6.07, 6.45) is 0. The fourth-order valence-corrected chi connectivity index (χ4v) is 3.56. The molecule has 0 aliphatic heterocycles. The lowest BCUT2D eigenvalue weighted by molar-refractivity contribution is 0.853. The Kier molecular flexibility index (Phi) is 5.04. The lowest BCUT2D eigenvalue weighted by Crippen LogP contribution is -2.02. The molecular formula is C23H32. The zero-order valence-electron chi connectivity index (χ0n) is 16.4. The fourth-order valence-electron chi connectivity index (χ4n) is 3.56. The summed E-state index contributed by atoms with van der Waals surface area (Å²) in [5.41, 5.74) is 12.9. The maximum absolute atomic E-state index is 2.42. The monoisotopic (exact) mass is 308 g/mol. The summed E-state index contributed by atoms with van der Waals surface area (Å²) in [4.78, 5) is 0. The van der Waals surface area contributed by atoms with E-state index in [2.05, 4.69) is 80.5 Å². The summed E-state index contributed by atoms with van der Waals surface area (Å²) in [5.74, 6) is 1.12. The molecule has 23 heavy (non-hydrogen) atoms. The highest BCUT2D eigenvalue weighted by atomic mass is 14.2. The first-order valence-corrected chi connectivity index (χ1v) is 8.87. The minimum atomic E-state index is 0.558. The molecule has 0 heterocycles. The van der Waals surface area contributed by atoms with E-state index in [1.165, 1.54) is 50.1 Å². The van der Waals surface area contributed by atoms with Crippen molar-refractivity contribution in [2.45, 2.75) is 74.1 Å². The highest BCUT2D eigenvalue weighted by Crippen LogP contribution is 2.38. The molecule has 0 spiro atoms. The molecule has 124 valence electrons. The smallest absolute Gasteiger partial charge is 0.0117 e. The first kappa shape index (κ1) is 17.8. The second kappa shape index (κ2) is 6.51. The van der Waals surface area contributed by atoms with Crippen LogP contribution in [-0.4, -0.2) is 0 Å². The van der Waals surface area contributed by atoms with Gasteiger partial charge in [-0.15, -0.1) is 0 Å². The minimum Gasteiger partial charge on any atom is -0.0587 e. The van der Waals surface area contributed by atoms with Crippen molar-refractivity contribution in [2.24, 2.45) is 0 Å². The first-order chi connectivity index (χ1) is 10.6. The lowest BCUT2D eigenvalue weighted by atomic mass is 9.82. The van der Waals surface area contributed by atoms with Crippen molar-refractivity contribution in [2.75, 3.05) is 0 Å². The van der Waals surface area contributed by atoms with E-state index in [0.717, 1.165) is 0 Å². The van der Waals surface area contributed by atoms with Crippen LogP contribution in [0.15, 0.2) is 18.2 Å². The third-order valence-electron chi connectivity index (χ3n) is 5.39. The van der Waals surface area contributed by atoms with E-state index in [-0.39, 0.29) is 0 Å². The van der Waals surface area contributed by atoms with Gasteiger partial charge >= 0.3 is 0 Å². The van der Waals surface area contributed by atoms with Crippen molar-refractivity contribution in [1.82, 2.24) is 0 Å². The molecule has 0 aliphatic rings. The van der Waals surface area contributed by atoms with E-state index >= 15 is 0 Å². The Balaban J connectivity index is 2.86. The summed E-state index contributed by atoms with van der Waals surface area (Å²) < 4.78 is 0. The van der Waals surface area contributed by atoms with E-state index < -0.39 is 0 Å². The number of hydrogen-bond acceptors (Lipinski definition) is 0. The van der Waals surface area contributed by atoms with Gasteiger partial charge in [-0.05, 0) is 96.5 Å². The molecule has 2 rings (SSSR count). The van der Waals surface area contributed by atoms with E-state index in [4.69, 9.17) is 0 Å². The quantitative estimate of drug-likeness (QED) is 0.565. The Morgan fingerprint density at radius 1 is 0.609 bits per heavy atom. The second-order valence-electron chi connectivity index (χ2n) is 7.73. The van der Waals surface area contributed by atoms with Crippen LogP contribution >= 0.6 is 0 Å². The van der Waals surface area contributed by atoms with Crippen molar-refractivity contribution in [3.8, 4) is 11.1 Å². The van der Waals surface area contributed by atoms with Gasteiger partial charge in [0.15, 0.2) is 0 Å².